The molecule has 0 aliphatic heterocycles. The molecule has 150 valence electrons. The van der Waals surface area contributed by atoms with Crippen molar-refractivity contribution in [1.29, 1.82) is 0 Å². The number of hydrogen-bond donors (Lipinski definition) is 2. The van der Waals surface area contributed by atoms with Gasteiger partial charge in [-0.1, -0.05) is 35.3 Å². The number of rotatable bonds is 6. The van der Waals surface area contributed by atoms with Gasteiger partial charge in [-0.05, 0) is 61.1 Å². The van der Waals surface area contributed by atoms with Crippen LogP contribution in [0.5, 0.6) is 0 Å². The van der Waals surface area contributed by atoms with Crippen LogP contribution in [-0.4, -0.2) is 27.5 Å². The Hall–Kier alpha value is -2.61. The van der Waals surface area contributed by atoms with E-state index in [0.29, 0.717) is 45.4 Å². The molecule has 0 bridgehead atoms. The Kier molecular flexibility index (Phi) is 7.09. The van der Waals surface area contributed by atoms with E-state index in [1.54, 1.807) is 42.1 Å². The molecule has 0 aliphatic carbocycles. The van der Waals surface area contributed by atoms with Crippen LogP contribution in [0, 0.1) is 0 Å². The maximum atomic E-state index is 11.7. The molecule has 2 aromatic carbocycles. The van der Waals surface area contributed by atoms with Crippen LogP contribution in [0.1, 0.15) is 22.8 Å². The minimum Gasteiger partial charge on any atom is -0.462 e. The van der Waals surface area contributed by atoms with E-state index in [1.165, 1.54) is 0 Å². The maximum absolute atomic E-state index is 11.7. The Morgan fingerprint density at radius 3 is 2.45 bits per heavy atom. The van der Waals surface area contributed by atoms with E-state index in [4.69, 9.17) is 40.2 Å². The Morgan fingerprint density at radius 2 is 1.79 bits per heavy atom. The van der Waals surface area contributed by atoms with Gasteiger partial charge < -0.3 is 15.4 Å². The fourth-order valence-corrected chi connectivity index (χ4v) is 3.05. The summed E-state index contributed by atoms with van der Waals surface area (Å²) in [6, 6.07) is 14.3. The van der Waals surface area contributed by atoms with Crippen LogP contribution in [-0.2, 0) is 11.3 Å². The molecule has 3 rings (SSSR count). The van der Waals surface area contributed by atoms with Gasteiger partial charge >= 0.3 is 5.97 Å². The molecule has 1 aromatic heterocycles. The Balaban J connectivity index is 1.60. The first-order valence-corrected chi connectivity index (χ1v) is 9.93. The number of thiocarbonyl (C=S) groups is 1. The summed E-state index contributed by atoms with van der Waals surface area (Å²) < 4.78 is 6.68. The molecule has 29 heavy (non-hydrogen) atoms. The predicted molar refractivity (Wildman–Crippen MR) is 120 cm³/mol. The van der Waals surface area contributed by atoms with Crippen LogP contribution in [0.25, 0.3) is 0 Å². The van der Waals surface area contributed by atoms with Crippen LogP contribution < -0.4 is 10.6 Å². The van der Waals surface area contributed by atoms with Gasteiger partial charge in [0.25, 0.3) is 0 Å². The van der Waals surface area contributed by atoms with Gasteiger partial charge in [0.1, 0.15) is 5.02 Å². The van der Waals surface area contributed by atoms with Crippen LogP contribution in [0.4, 0.5) is 11.5 Å². The highest BCUT2D eigenvalue weighted by Gasteiger charge is 2.10. The van der Waals surface area contributed by atoms with Crippen molar-refractivity contribution in [1.82, 2.24) is 9.78 Å². The molecule has 0 spiro atoms. The number of carbonyl (C=O) groups excluding carboxylic acids is 1. The third-order valence-corrected chi connectivity index (χ3v) is 4.59. The highest BCUT2D eigenvalue weighted by molar-refractivity contribution is 7.80. The van der Waals surface area contributed by atoms with Gasteiger partial charge in [0.2, 0.25) is 0 Å². The average Bonchev–Trinajstić information content (AvgIpc) is 3.03. The summed E-state index contributed by atoms with van der Waals surface area (Å²) in [6.45, 7) is 2.65. The second kappa shape index (κ2) is 9.73. The molecule has 9 heteroatoms. The third kappa shape index (κ3) is 5.93. The molecule has 0 aliphatic rings. The third-order valence-electron chi connectivity index (χ3n) is 3.86. The summed E-state index contributed by atoms with van der Waals surface area (Å²) in [5.74, 6) is 0.0824. The van der Waals surface area contributed by atoms with Crippen LogP contribution >= 0.6 is 35.4 Å². The van der Waals surface area contributed by atoms with E-state index in [-0.39, 0.29) is 5.97 Å². The highest BCUT2D eigenvalue weighted by atomic mass is 35.5. The molecule has 3 aromatic rings. The lowest BCUT2D eigenvalue weighted by atomic mass is 10.2. The van der Waals surface area contributed by atoms with Crippen molar-refractivity contribution in [3.63, 3.8) is 0 Å². The molecule has 0 saturated heterocycles. The van der Waals surface area contributed by atoms with E-state index < -0.39 is 0 Å². The normalized spacial score (nSPS) is 10.4. The number of aromatic nitrogens is 2. The van der Waals surface area contributed by atoms with Crippen molar-refractivity contribution in [2.24, 2.45) is 0 Å². The maximum Gasteiger partial charge on any atom is 0.338 e. The topological polar surface area (TPSA) is 68.2 Å². The second-order valence-corrected chi connectivity index (χ2v) is 7.28. The number of carbonyl (C=O) groups is 1. The lowest BCUT2D eigenvalue weighted by Gasteiger charge is -2.09. The molecule has 0 radical (unpaired) electrons. The summed E-state index contributed by atoms with van der Waals surface area (Å²) in [7, 11) is 0. The van der Waals surface area contributed by atoms with E-state index >= 15 is 0 Å². The first kappa shape index (κ1) is 21.1. The van der Waals surface area contributed by atoms with Gasteiger partial charge in [0.15, 0.2) is 10.9 Å². The van der Waals surface area contributed by atoms with Crippen molar-refractivity contribution in [3.8, 4) is 0 Å². The molecule has 0 fully saturated rings. The summed E-state index contributed by atoms with van der Waals surface area (Å²) >= 11 is 17.5. The zero-order valence-electron chi connectivity index (χ0n) is 15.5. The van der Waals surface area contributed by atoms with Crippen LogP contribution in [0.2, 0.25) is 10.0 Å². The van der Waals surface area contributed by atoms with Gasteiger partial charge in [0, 0.05) is 16.9 Å². The van der Waals surface area contributed by atoms with Crippen molar-refractivity contribution >= 4 is 58.0 Å². The summed E-state index contributed by atoms with van der Waals surface area (Å²) in [5, 5.41) is 11.9. The number of nitrogens with zero attached hydrogens (tertiary/aromatic N) is 2. The van der Waals surface area contributed by atoms with E-state index in [0.717, 1.165) is 5.56 Å². The minimum atomic E-state index is -0.363. The second-order valence-electron chi connectivity index (χ2n) is 6.03. The smallest absolute Gasteiger partial charge is 0.338 e. The van der Waals surface area contributed by atoms with E-state index in [1.807, 2.05) is 24.3 Å². The van der Waals surface area contributed by atoms with Crippen molar-refractivity contribution in [3.05, 3.63) is 75.9 Å². The van der Waals surface area contributed by atoms with Crippen molar-refractivity contribution in [2.75, 3.05) is 17.2 Å². The number of halogens is 2. The minimum absolute atomic E-state index is 0.326. The SMILES string of the molecule is CCOC(=O)c1ccc(NC(=S)Nc2nn(Cc3ccc(Cl)cc3)cc2Cl)cc1. The molecule has 6 nitrogen and oxygen atoms in total. The summed E-state index contributed by atoms with van der Waals surface area (Å²) in [5.41, 5.74) is 2.23. The van der Waals surface area contributed by atoms with Gasteiger partial charge in [-0.3, -0.25) is 4.68 Å². The number of nitrogens with one attached hydrogen (secondary N) is 2. The number of hydrogen-bond acceptors (Lipinski definition) is 4. The lowest BCUT2D eigenvalue weighted by Crippen LogP contribution is -2.20. The molecule has 2 N–H and O–H groups in total. The number of anilines is 2. The van der Waals surface area contributed by atoms with Crippen LogP contribution in [0.3, 0.4) is 0 Å². The standard InChI is InChI=1S/C20H18Cl2N4O2S/c1-2-28-19(27)14-5-9-16(10-6-14)23-20(29)24-18-17(22)12-26(25-18)11-13-3-7-15(21)8-4-13/h3-10,12H,2,11H2,1H3,(H2,23,24,25,29). The highest BCUT2D eigenvalue weighted by Crippen LogP contribution is 2.21. The fraction of sp³-hybridized carbons (Fsp3) is 0.150. The molecule has 0 unspecified atom stereocenters. The van der Waals surface area contributed by atoms with Gasteiger partial charge in [-0.2, -0.15) is 5.10 Å². The van der Waals surface area contributed by atoms with Crippen molar-refractivity contribution in [2.45, 2.75) is 13.5 Å². The Morgan fingerprint density at radius 1 is 1.10 bits per heavy atom. The molecular formula is C20H18Cl2N4O2S. The quantitative estimate of drug-likeness (QED) is 0.397. The Labute approximate surface area is 183 Å². The first-order chi connectivity index (χ1) is 13.9. The molecule has 0 amide bonds. The van der Waals surface area contributed by atoms with Crippen molar-refractivity contribution < 1.29 is 9.53 Å². The first-order valence-electron chi connectivity index (χ1n) is 8.77. The van der Waals surface area contributed by atoms with Gasteiger partial charge in [0.05, 0.1) is 18.7 Å². The lowest BCUT2D eigenvalue weighted by molar-refractivity contribution is 0.0526. The summed E-state index contributed by atoms with van der Waals surface area (Å²) in [6.07, 6.45) is 1.72. The fourth-order valence-electron chi connectivity index (χ4n) is 2.51. The number of ether oxygens (including phenoxy) is 1. The number of benzene rings is 2. The van der Waals surface area contributed by atoms with Gasteiger partial charge in [-0.15, -0.1) is 0 Å². The molecular weight excluding hydrogens is 431 g/mol. The molecule has 0 atom stereocenters. The Bertz CT molecular complexity index is 1000. The predicted octanol–water partition coefficient (Wildman–Crippen LogP) is 5.22. The molecule has 1 heterocycles. The zero-order valence-corrected chi connectivity index (χ0v) is 17.8. The van der Waals surface area contributed by atoms with Crippen LogP contribution in [0.15, 0.2) is 54.7 Å². The summed E-state index contributed by atoms with van der Waals surface area (Å²) in [4.78, 5) is 11.7. The molecule has 0 saturated carbocycles. The number of esters is 1. The van der Waals surface area contributed by atoms with Gasteiger partial charge in [-0.25, -0.2) is 4.79 Å². The zero-order chi connectivity index (χ0) is 20.8. The van der Waals surface area contributed by atoms with E-state index in [9.17, 15) is 4.79 Å². The monoisotopic (exact) mass is 448 g/mol. The van der Waals surface area contributed by atoms with E-state index in [2.05, 4.69) is 15.7 Å². The average molecular weight is 449 g/mol. The largest absolute Gasteiger partial charge is 0.462 e.